The van der Waals surface area contributed by atoms with Crippen LogP contribution in [0.1, 0.15) is 26.2 Å². The van der Waals surface area contributed by atoms with Crippen molar-refractivity contribution in [2.75, 3.05) is 0 Å². The molecule has 0 aliphatic heterocycles. The Hall–Kier alpha value is -2.57. The molecule has 0 bridgehead atoms. The van der Waals surface area contributed by atoms with Gasteiger partial charge in [0.2, 0.25) is 5.91 Å². The molecule has 1 aromatic carbocycles. The second kappa shape index (κ2) is 6.51. The van der Waals surface area contributed by atoms with Crippen LogP contribution in [0.3, 0.4) is 0 Å². The fourth-order valence-corrected chi connectivity index (χ4v) is 3.56. The largest absolute Gasteiger partial charge is 0.481 e. The number of aromatic nitrogens is 2. The predicted molar refractivity (Wildman–Crippen MR) is 88.8 cm³/mol. The van der Waals surface area contributed by atoms with Crippen LogP contribution in [-0.2, 0) is 22.7 Å². The average Bonchev–Trinajstić information content (AvgIpc) is 3.11. The van der Waals surface area contributed by atoms with Gasteiger partial charge in [-0.2, -0.15) is 0 Å². The maximum atomic E-state index is 12.5. The summed E-state index contributed by atoms with van der Waals surface area (Å²) >= 11 is 0. The van der Waals surface area contributed by atoms with E-state index in [1.807, 2.05) is 31.2 Å². The number of para-hydroxylation sites is 2. The highest BCUT2D eigenvalue weighted by Crippen LogP contribution is 2.25. The molecule has 1 saturated carbocycles. The molecule has 2 aromatic rings. The van der Waals surface area contributed by atoms with Gasteiger partial charge in [-0.05, 0) is 31.9 Å². The Morgan fingerprint density at radius 2 is 1.88 bits per heavy atom. The number of benzene rings is 1. The summed E-state index contributed by atoms with van der Waals surface area (Å²) in [5.41, 5.74) is 1.28. The van der Waals surface area contributed by atoms with Crippen LogP contribution in [0.25, 0.3) is 11.0 Å². The van der Waals surface area contributed by atoms with Crippen LogP contribution in [0.5, 0.6) is 0 Å². The Labute approximate surface area is 138 Å². The van der Waals surface area contributed by atoms with Crippen molar-refractivity contribution in [1.82, 2.24) is 14.5 Å². The highest BCUT2D eigenvalue weighted by molar-refractivity contribution is 5.82. The lowest BCUT2D eigenvalue weighted by atomic mass is 10.0. The van der Waals surface area contributed by atoms with Crippen molar-refractivity contribution < 1.29 is 14.7 Å². The minimum Gasteiger partial charge on any atom is -0.481 e. The molecule has 1 heterocycles. The van der Waals surface area contributed by atoms with Crippen LogP contribution >= 0.6 is 0 Å². The molecule has 0 saturated heterocycles. The monoisotopic (exact) mass is 331 g/mol. The first-order chi connectivity index (χ1) is 11.5. The number of fused-ring (bicyclic) bond motifs is 1. The number of carboxylic acids is 1. The van der Waals surface area contributed by atoms with Crippen LogP contribution in [0.2, 0.25) is 0 Å². The van der Waals surface area contributed by atoms with Crippen LogP contribution in [-0.4, -0.2) is 32.2 Å². The molecule has 128 valence electrons. The van der Waals surface area contributed by atoms with Crippen molar-refractivity contribution in [2.45, 2.75) is 45.3 Å². The maximum Gasteiger partial charge on any atom is 0.329 e. The van der Waals surface area contributed by atoms with Gasteiger partial charge >= 0.3 is 11.7 Å². The first kappa shape index (κ1) is 16.3. The number of carbonyl (C=O) groups excluding carboxylic acids is 1. The Bertz CT molecular complexity index is 836. The summed E-state index contributed by atoms with van der Waals surface area (Å²) in [6.45, 7) is 2.31. The highest BCUT2D eigenvalue weighted by Gasteiger charge is 2.34. The molecule has 7 nitrogen and oxygen atoms in total. The Balaban J connectivity index is 1.83. The number of hydrogen-bond acceptors (Lipinski definition) is 3. The van der Waals surface area contributed by atoms with E-state index in [9.17, 15) is 19.5 Å². The third-order valence-electron chi connectivity index (χ3n) is 4.72. The van der Waals surface area contributed by atoms with Gasteiger partial charge in [-0.25, -0.2) is 4.79 Å². The van der Waals surface area contributed by atoms with Gasteiger partial charge in [0.1, 0.15) is 6.54 Å². The summed E-state index contributed by atoms with van der Waals surface area (Å²) in [5.74, 6) is -1.74. The Morgan fingerprint density at radius 1 is 1.21 bits per heavy atom. The van der Waals surface area contributed by atoms with Crippen LogP contribution < -0.4 is 11.0 Å². The molecule has 0 unspecified atom stereocenters. The molecule has 0 spiro atoms. The quantitative estimate of drug-likeness (QED) is 0.861. The Kier molecular flexibility index (Phi) is 4.42. The molecule has 1 aliphatic rings. The lowest BCUT2D eigenvalue weighted by Crippen LogP contribution is -2.42. The van der Waals surface area contributed by atoms with E-state index in [2.05, 4.69) is 5.32 Å². The van der Waals surface area contributed by atoms with E-state index < -0.39 is 11.9 Å². The number of nitrogens with one attached hydrogen (secondary N) is 1. The van der Waals surface area contributed by atoms with E-state index in [1.54, 1.807) is 4.57 Å². The van der Waals surface area contributed by atoms with Crippen molar-refractivity contribution >= 4 is 22.9 Å². The van der Waals surface area contributed by atoms with Crippen molar-refractivity contribution in [3.05, 3.63) is 34.7 Å². The number of imidazole rings is 1. The van der Waals surface area contributed by atoms with Gasteiger partial charge in [-0.15, -0.1) is 0 Å². The first-order valence-corrected chi connectivity index (χ1v) is 8.23. The van der Waals surface area contributed by atoms with Gasteiger partial charge in [0.25, 0.3) is 0 Å². The third-order valence-corrected chi connectivity index (χ3v) is 4.72. The van der Waals surface area contributed by atoms with Gasteiger partial charge in [0.15, 0.2) is 0 Å². The number of carboxylic acid groups (broad SMARTS) is 1. The maximum absolute atomic E-state index is 12.5. The lowest BCUT2D eigenvalue weighted by Gasteiger charge is -2.17. The van der Waals surface area contributed by atoms with Gasteiger partial charge in [-0.3, -0.25) is 18.7 Å². The smallest absolute Gasteiger partial charge is 0.329 e. The van der Waals surface area contributed by atoms with Crippen LogP contribution in [0.4, 0.5) is 0 Å². The second-order valence-electron chi connectivity index (χ2n) is 6.15. The molecule has 7 heteroatoms. The zero-order valence-electron chi connectivity index (χ0n) is 13.6. The fraction of sp³-hybridized carbons (Fsp3) is 0.471. The first-order valence-electron chi connectivity index (χ1n) is 8.23. The zero-order valence-corrected chi connectivity index (χ0v) is 13.6. The zero-order chi connectivity index (χ0) is 17.3. The molecule has 1 aromatic heterocycles. The van der Waals surface area contributed by atoms with Gasteiger partial charge in [0, 0.05) is 12.6 Å². The Morgan fingerprint density at radius 3 is 2.50 bits per heavy atom. The standard InChI is InChI=1S/C17H21N3O4/c1-2-19-13-8-3-4-9-14(13)20(17(19)24)10-15(21)18-12-7-5-6-11(12)16(22)23/h3-4,8-9,11-12H,2,5-7,10H2,1H3,(H,18,21)(H,22,23)/t11-,12+/m0/s1. The molecule has 3 rings (SSSR count). The fourth-order valence-electron chi connectivity index (χ4n) is 3.56. The topological polar surface area (TPSA) is 93.3 Å². The number of rotatable bonds is 5. The third kappa shape index (κ3) is 2.81. The molecule has 24 heavy (non-hydrogen) atoms. The normalized spacial score (nSPS) is 20.4. The second-order valence-corrected chi connectivity index (χ2v) is 6.15. The van der Waals surface area contributed by atoms with Gasteiger partial charge < -0.3 is 10.4 Å². The average molecular weight is 331 g/mol. The summed E-state index contributed by atoms with van der Waals surface area (Å²) in [6.07, 6.45) is 2.03. The molecule has 0 radical (unpaired) electrons. The molecule has 1 aliphatic carbocycles. The summed E-state index contributed by atoms with van der Waals surface area (Å²) in [4.78, 5) is 36.1. The van der Waals surface area contributed by atoms with Crippen LogP contribution in [0, 0.1) is 5.92 Å². The number of hydrogen-bond donors (Lipinski definition) is 2. The number of aryl methyl sites for hydroxylation is 1. The van der Waals surface area contributed by atoms with Gasteiger partial charge in [-0.1, -0.05) is 18.6 Å². The molecule has 2 N–H and O–H groups in total. The summed E-state index contributed by atoms with van der Waals surface area (Å²) < 4.78 is 3.07. The summed E-state index contributed by atoms with van der Waals surface area (Å²) in [5, 5.41) is 12.0. The van der Waals surface area contributed by atoms with E-state index in [0.29, 0.717) is 24.9 Å². The van der Waals surface area contributed by atoms with Crippen molar-refractivity contribution in [2.24, 2.45) is 5.92 Å². The van der Waals surface area contributed by atoms with Crippen LogP contribution in [0.15, 0.2) is 29.1 Å². The molecule has 1 amide bonds. The minimum absolute atomic E-state index is 0.102. The molecule has 2 atom stereocenters. The predicted octanol–water partition coefficient (Wildman–Crippen LogP) is 1.19. The number of aliphatic carboxylic acids is 1. The lowest BCUT2D eigenvalue weighted by molar-refractivity contribution is -0.142. The van der Waals surface area contributed by atoms with E-state index in [0.717, 1.165) is 11.9 Å². The van der Waals surface area contributed by atoms with E-state index in [1.165, 1.54) is 4.57 Å². The van der Waals surface area contributed by atoms with Crippen molar-refractivity contribution in [1.29, 1.82) is 0 Å². The molecule has 1 fully saturated rings. The van der Waals surface area contributed by atoms with Crippen molar-refractivity contribution in [3.63, 3.8) is 0 Å². The van der Waals surface area contributed by atoms with E-state index >= 15 is 0 Å². The number of carbonyl (C=O) groups is 2. The summed E-state index contributed by atoms with van der Waals surface area (Å²) in [6, 6.07) is 6.99. The summed E-state index contributed by atoms with van der Waals surface area (Å²) in [7, 11) is 0. The van der Waals surface area contributed by atoms with E-state index in [4.69, 9.17) is 0 Å². The van der Waals surface area contributed by atoms with Gasteiger partial charge in [0.05, 0.1) is 17.0 Å². The minimum atomic E-state index is -0.877. The number of amides is 1. The molecular formula is C17H21N3O4. The SMILES string of the molecule is CCn1c(=O)n(CC(=O)N[C@@H]2CCC[C@@H]2C(=O)O)c2ccccc21. The number of nitrogens with zero attached hydrogens (tertiary/aromatic N) is 2. The molecular weight excluding hydrogens is 310 g/mol. The highest BCUT2D eigenvalue weighted by atomic mass is 16.4. The van der Waals surface area contributed by atoms with Crippen molar-refractivity contribution in [3.8, 4) is 0 Å². The van der Waals surface area contributed by atoms with E-state index in [-0.39, 0.29) is 24.2 Å².